The highest BCUT2D eigenvalue weighted by Crippen LogP contribution is 2.38. The summed E-state index contributed by atoms with van der Waals surface area (Å²) in [5, 5.41) is 2.60. The SMILES string of the molecule is COc1cc(C(=O)NCC(=O)N2CCN(S(=O)(=O)N3CCCC3)CC2)cc(OC)c1OC. The molecule has 2 aliphatic heterocycles. The maximum absolute atomic E-state index is 12.6. The smallest absolute Gasteiger partial charge is 0.282 e. The Hall–Kier alpha value is -2.57. The first-order chi connectivity index (χ1) is 15.3. The Balaban J connectivity index is 1.55. The van der Waals surface area contributed by atoms with Crippen LogP contribution in [-0.2, 0) is 15.0 Å². The molecule has 0 spiro atoms. The summed E-state index contributed by atoms with van der Waals surface area (Å²) in [6, 6.07) is 3.01. The molecule has 1 aromatic rings. The second kappa shape index (κ2) is 10.4. The van der Waals surface area contributed by atoms with Crippen LogP contribution in [0.25, 0.3) is 0 Å². The van der Waals surface area contributed by atoms with Crippen molar-refractivity contribution in [3.8, 4) is 17.2 Å². The first-order valence-electron chi connectivity index (χ1n) is 10.4. The van der Waals surface area contributed by atoms with Crippen LogP contribution < -0.4 is 19.5 Å². The summed E-state index contributed by atoms with van der Waals surface area (Å²) in [7, 11) is 0.901. The molecule has 2 aliphatic rings. The van der Waals surface area contributed by atoms with Crippen molar-refractivity contribution in [3.63, 3.8) is 0 Å². The van der Waals surface area contributed by atoms with Gasteiger partial charge in [-0.05, 0) is 25.0 Å². The minimum absolute atomic E-state index is 0.200. The topological polar surface area (TPSA) is 118 Å². The molecule has 12 heteroatoms. The van der Waals surface area contributed by atoms with E-state index >= 15 is 0 Å². The zero-order valence-electron chi connectivity index (χ0n) is 18.6. The molecule has 1 aromatic carbocycles. The number of rotatable bonds is 8. The van der Waals surface area contributed by atoms with E-state index in [1.54, 1.807) is 4.90 Å². The summed E-state index contributed by atoms with van der Waals surface area (Å²) >= 11 is 0. The third-order valence-electron chi connectivity index (χ3n) is 5.64. The quantitative estimate of drug-likeness (QED) is 0.565. The Morgan fingerprint density at radius 2 is 1.41 bits per heavy atom. The third-order valence-corrected chi connectivity index (χ3v) is 7.67. The van der Waals surface area contributed by atoms with Gasteiger partial charge in [-0.3, -0.25) is 9.59 Å². The minimum atomic E-state index is -3.47. The van der Waals surface area contributed by atoms with Gasteiger partial charge in [0.05, 0.1) is 27.9 Å². The maximum atomic E-state index is 12.6. The van der Waals surface area contributed by atoms with Gasteiger partial charge in [-0.1, -0.05) is 0 Å². The number of carbonyl (C=O) groups is 2. The van der Waals surface area contributed by atoms with E-state index < -0.39 is 16.1 Å². The number of benzene rings is 1. The van der Waals surface area contributed by atoms with Crippen molar-refractivity contribution >= 4 is 22.0 Å². The molecule has 3 rings (SSSR count). The number of piperazine rings is 1. The molecular weight excluding hydrogens is 440 g/mol. The summed E-state index contributed by atoms with van der Waals surface area (Å²) in [4.78, 5) is 26.7. The van der Waals surface area contributed by atoms with Crippen LogP contribution in [0, 0.1) is 0 Å². The van der Waals surface area contributed by atoms with E-state index in [0.717, 1.165) is 12.8 Å². The average molecular weight is 471 g/mol. The molecule has 2 amide bonds. The first-order valence-corrected chi connectivity index (χ1v) is 11.8. The molecule has 2 saturated heterocycles. The van der Waals surface area contributed by atoms with Crippen molar-refractivity contribution in [1.29, 1.82) is 0 Å². The van der Waals surface area contributed by atoms with Crippen LogP contribution >= 0.6 is 0 Å². The lowest BCUT2D eigenvalue weighted by Gasteiger charge is -2.35. The summed E-state index contributed by atoms with van der Waals surface area (Å²) in [6.07, 6.45) is 1.76. The van der Waals surface area contributed by atoms with Crippen molar-refractivity contribution in [3.05, 3.63) is 17.7 Å². The second-order valence-corrected chi connectivity index (χ2v) is 9.42. The molecule has 0 bridgehead atoms. The van der Waals surface area contributed by atoms with Crippen LogP contribution in [0.2, 0.25) is 0 Å². The van der Waals surface area contributed by atoms with Gasteiger partial charge >= 0.3 is 0 Å². The minimum Gasteiger partial charge on any atom is -0.493 e. The monoisotopic (exact) mass is 470 g/mol. The Kier molecular flexibility index (Phi) is 7.80. The normalized spacial score (nSPS) is 17.8. The lowest BCUT2D eigenvalue weighted by atomic mass is 10.1. The summed E-state index contributed by atoms with van der Waals surface area (Å²) in [5.74, 6) is 0.290. The summed E-state index contributed by atoms with van der Waals surface area (Å²) in [6.45, 7) is 1.95. The van der Waals surface area contributed by atoms with Crippen LogP contribution in [0.5, 0.6) is 17.2 Å². The highest BCUT2D eigenvalue weighted by atomic mass is 32.2. The summed E-state index contributed by atoms with van der Waals surface area (Å²) < 4.78 is 44.0. The second-order valence-electron chi connectivity index (χ2n) is 7.49. The number of hydrogen-bond acceptors (Lipinski definition) is 7. The molecule has 11 nitrogen and oxygen atoms in total. The number of methoxy groups -OCH3 is 3. The number of amides is 2. The molecule has 2 heterocycles. The molecule has 0 atom stereocenters. The number of ether oxygens (including phenoxy) is 3. The van der Waals surface area contributed by atoms with Gasteiger partial charge < -0.3 is 24.4 Å². The molecule has 0 radical (unpaired) electrons. The number of hydrogen-bond donors (Lipinski definition) is 1. The maximum Gasteiger partial charge on any atom is 0.282 e. The molecule has 0 aliphatic carbocycles. The Bertz CT molecular complexity index is 914. The fraction of sp³-hybridized carbons (Fsp3) is 0.600. The van der Waals surface area contributed by atoms with Crippen LogP contribution in [0.1, 0.15) is 23.2 Å². The van der Waals surface area contributed by atoms with E-state index in [1.807, 2.05) is 0 Å². The van der Waals surface area contributed by atoms with Crippen molar-refractivity contribution in [1.82, 2.24) is 18.8 Å². The Morgan fingerprint density at radius 3 is 1.91 bits per heavy atom. The molecule has 32 heavy (non-hydrogen) atoms. The van der Waals surface area contributed by atoms with Crippen molar-refractivity contribution < 1.29 is 32.2 Å². The van der Waals surface area contributed by atoms with E-state index in [0.29, 0.717) is 30.3 Å². The van der Waals surface area contributed by atoms with E-state index in [1.165, 1.54) is 42.1 Å². The number of nitrogens with zero attached hydrogens (tertiary/aromatic N) is 3. The predicted octanol–water partition coefficient (Wildman–Crippen LogP) is -0.0730. The van der Waals surface area contributed by atoms with Crippen LogP contribution in [0.3, 0.4) is 0 Å². The number of nitrogens with one attached hydrogen (secondary N) is 1. The van der Waals surface area contributed by atoms with E-state index in [9.17, 15) is 18.0 Å². The van der Waals surface area contributed by atoms with Crippen molar-refractivity contribution in [2.24, 2.45) is 0 Å². The standard InChI is InChI=1S/C20H30N4O7S/c1-29-16-12-15(13-17(30-2)19(16)31-3)20(26)21-14-18(25)22-8-10-24(11-9-22)32(27,28)23-6-4-5-7-23/h12-13H,4-11,14H2,1-3H3,(H,21,26). The first kappa shape index (κ1) is 24.1. The Morgan fingerprint density at radius 1 is 0.875 bits per heavy atom. The zero-order valence-corrected chi connectivity index (χ0v) is 19.4. The van der Waals surface area contributed by atoms with E-state index in [-0.39, 0.29) is 44.2 Å². The molecule has 0 aromatic heterocycles. The number of carbonyl (C=O) groups excluding carboxylic acids is 2. The lowest BCUT2D eigenvalue weighted by Crippen LogP contribution is -2.55. The Labute approximate surface area is 188 Å². The van der Waals surface area contributed by atoms with Gasteiger partial charge in [0.25, 0.3) is 16.1 Å². The zero-order chi connectivity index (χ0) is 23.3. The molecule has 178 valence electrons. The van der Waals surface area contributed by atoms with E-state index in [2.05, 4.69) is 5.32 Å². The van der Waals surface area contributed by atoms with E-state index in [4.69, 9.17) is 14.2 Å². The van der Waals surface area contributed by atoms with Crippen LogP contribution in [-0.4, -0.2) is 101 Å². The highest BCUT2D eigenvalue weighted by molar-refractivity contribution is 7.86. The van der Waals surface area contributed by atoms with Crippen LogP contribution in [0.15, 0.2) is 12.1 Å². The lowest BCUT2D eigenvalue weighted by molar-refractivity contribution is -0.131. The predicted molar refractivity (Wildman–Crippen MR) is 116 cm³/mol. The van der Waals surface area contributed by atoms with Gasteiger partial charge in [0.2, 0.25) is 11.7 Å². The van der Waals surface area contributed by atoms with Gasteiger partial charge in [0.1, 0.15) is 0 Å². The molecule has 0 unspecified atom stereocenters. The van der Waals surface area contributed by atoms with Gasteiger partial charge in [-0.2, -0.15) is 17.0 Å². The fourth-order valence-electron chi connectivity index (χ4n) is 3.83. The molecule has 1 N–H and O–H groups in total. The third kappa shape index (κ3) is 5.08. The largest absolute Gasteiger partial charge is 0.493 e. The van der Waals surface area contributed by atoms with Gasteiger partial charge in [0.15, 0.2) is 11.5 Å². The summed E-state index contributed by atoms with van der Waals surface area (Å²) in [5.41, 5.74) is 0.258. The van der Waals surface area contributed by atoms with Crippen molar-refractivity contribution in [2.75, 3.05) is 67.1 Å². The molecule has 2 fully saturated rings. The molecule has 0 saturated carbocycles. The average Bonchev–Trinajstić information content (AvgIpc) is 3.37. The molecular formula is C20H30N4O7S. The highest BCUT2D eigenvalue weighted by Gasteiger charge is 2.34. The fourth-order valence-corrected chi connectivity index (χ4v) is 5.50. The van der Waals surface area contributed by atoms with Gasteiger partial charge in [0, 0.05) is 44.8 Å². The van der Waals surface area contributed by atoms with Gasteiger partial charge in [-0.15, -0.1) is 0 Å². The van der Waals surface area contributed by atoms with Crippen LogP contribution in [0.4, 0.5) is 0 Å². The van der Waals surface area contributed by atoms with Crippen molar-refractivity contribution in [2.45, 2.75) is 12.8 Å². The van der Waals surface area contributed by atoms with Gasteiger partial charge in [-0.25, -0.2) is 0 Å².